The van der Waals surface area contributed by atoms with E-state index in [9.17, 15) is 9.18 Å². The minimum absolute atomic E-state index is 0.0562. The molecule has 3 nitrogen and oxygen atoms in total. The molecule has 5 rings (SSSR count). The summed E-state index contributed by atoms with van der Waals surface area (Å²) >= 11 is 21.2. The number of carbonyl (C=O) groups excluding carboxylic acids is 1. The van der Waals surface area contributed by atoms with Gasteiger partial charge in [0.05, 0.1) is 10.0 Å². The third kappa shape index (κ3) is 7.13. The quantitative estimate of drug-likeness (QED) is 0.175. The summed E-state index contributed by atoms with van der Waals surface area (Å²) in [7, 11) is 0. The molecule has 1 atom stereocenters. The van der Waals surface area contributed by atoms with Crippen LogP contribution in [0.5, 0.6) is 0 Å². The number of carbonyl (C=O) groups is 1. The zero-order valence-electron chi connectivity index (χ0n) is 21.9. The summed E-state index contributed by atoms with van der Waals surface area (Å²) in [5.74, 6) is -0.783. The molecule has 0 N–H and O–H groups in total. The summed E-state index contributed by atoms with van der Waals surface area (Å²) in [6.07, 6.45) is 3.07. The number of piperidine rings is 1. The number of amides is 1. The van der Waals surface area contributed by atoms with Gasteiger partial charge in [-0.3, -0.25) is 4.79 Å². The van der Waals surface area contributed by atoms with E-state index in [0.717, 1.165) is 44.5 Å². The Hall–Kier alpha value is -2.28. The summed E-state index contributed by atoms with van der Waals surface area (Å²) in [4.78, 5) is 17.3. The molecule has 1 saturated heterocycles. The number of nitrogens with zero attached hydrogens (tertiary/aromatic N) is 2. The van der Waals surface area contributed by atoms with Crippen LogP contribution in [-0.4, -0.2) is 46.7 Å². The monoisotopic (exact) mass is 614 g/mol. The first kappa shape index (κ1) is 29.2. The van der Waals surface area contributed by atoms with Crippen LogP contribution < -0.4 is 0 Å². The van der Waals surface area contributed by atoms with Gasteiger partial charge in [0.15, 0.2) is 0 Å². The second-order valence-electron chi connectivity index (χ2n) is 10.1. The van der Waals surface area contributed by atoms with Gasteiger partial charge < -0.3 is 4.90 Å². The molecule has 0 aromatic heterocycles. The second-order valence-corrected chi connectivity index (χ2v) is 12.7. The van der Waals surface area contributed by atoms with Crippen molar-refractivity contribution < 1.29 is 9.18 Å². The molecular weight excluding hydrogens is 586 g/mol. The van der Waals surface area contributed by atoms with Crippen molar-refractivity contribution in [2.24, 2.45) is 0 Å². The summed E-state index contributed by atoms with van der Waals surface area (Å²) < 4.78 is 15.6. The average molecular weight is 616 g/mol. The zero-order chi connectivity index (χ0) is 28.1. The Morgan fingerprint density at radius 3 is 2.35 bits per heavy atom. The standard InChI is InChI=1S/C32H30Cl3FN2OS/c33-29-12-10-22(20-30(29)34)23(14-17-37-18-15-25(16-19-37)40-24-6-2-1-3-7-24)21-38(35)32(39)28-11-13-31(36)27-9-5-4-8-26(27)28/h1-13,20,23,25H,14-19,21H2. The van der Waals surface area contributed by atoms with Crippen LogP contribution in [0.4, 0.5) is 4.39 Å². The van der Waals surface area contributed by atoms with Gasteiger partial charge in [0, 0.05) is 45.3 Å². The first-order chi connectivity index (χ1) is 19.4. The van der Waals surface area contributed by atoms with Crippen molar-refractivity contribution in [3.63, 3.8) is 0 Å². The number of hydrogen-bond donors (Lipinski definition) is 0. The number of likely N-dealkylation sites (tertiary alicyclic amines) is 1. The molecule has 0 aliphatic carbocycles. The van der Waals surface area contributed by atoms with Gasteiger partial charge in [0.2, 0.25) is 0 Å². The molecule has 0 saturated carbocycles. The van der Waals surface area contributed by atoms with Crippen LogP contribution in [-0.2, 0) is 0 Å². The Balaban J connectivity index is 1.26. The maximum atomic E-state index is 14.4. The summed E-state index contributed by atoms with van der Waals surface area (Å²) in [6, 6.07) is 25.9. The van der Waals surface area contributed by atoms with Crippen LogP contribution in [0.3, 0.4) is 0 Å². The van der Waals surface area contributed by atoms with Crippen molar-refractivity contribution in [1.82, 2.24) is 9.32 Å². The van der Waals surface area contributed by atoms with E-state index in [1.54, 1.807) is 30.3 Å². The third-order valence-corrected chi connectivity index (χ3v) is 9.87. The Kier molecular flexibility index (Phi) is 9.93. The predicted molar refractivity (Wildman–Crippen MR) is 166 cm³/mol. The Morgan fingerprint density at radius 2 is 1.62 bits per heavy atom. The van der Waals surface area contributed by atoms with Gasteiger partial charge in [-0.1, -0.05) is 71.7 Å². The first-order valence-corrected chi connectivity index (χ1v) is 15.4. The fourth-order valence-electron chi connectivity index (χ4n) is 5.27. The Morgan fingerprint density at radius 1 is 0.925 bits per heavy atom. The molecule has 1 fully saturated rings. The van der Waals surface area contributed by atoms with Crippen molar-refractivity contribution in [3.05, 3.63) is 112 Å². The van der Waals surface area contributed by atoms with Crippen molar-refractivity contribution in [2.75, 3.05) is 26.2 Å². The predicted octanol–water partition coefficient (Wildman–Crippen LogP) is 9.31. The minimum atomic E-state index is -0.368. The largest absolute Gasteiger partial charge is 0.303 e. The lowest BCUT2D eigenvalue weighted by Crippen LogP contribution is -2.36. The highest BCUT2D eigenvalue weighted by Crippen LogP contribution is 2.33. The Bertz CT molecular complexity index is 1460. The van der Waals surface area contributed by atoms with Crippen LogP contribution in [0.25, 0.3) is 10.8 Å². The summed E-state index contributed by atoms with van der Waals surface area (Å²) in [5, 5.41) is 2.51. The minimum Gasteiger partial charge on any atom is -0.303 e. The summed E-state index contributed by atoms with van der Waals surface area (Å²) in [5.41, 5.74) is 1.35. The smallest absolute Gasteiger partial charge is 0.268 e. The number of thioether (sulfide) groups is 1. The lowest BCUT2D eigenvalue weighted by molar-refractivity contribution is 0.0856. The maximum absolute atomic E-state index is 14.4. The average Bonchev–Trinajstić information content (AvgIpc) is 2.98. The molecule has 0 bridgehead atoms. The van der Waals surface area contributed by atoms with Gasteiger partial charge >= 0.3 is 0 Å². The fourth-order valence-corrected chi connectivity index (χ4v) is 6.98. The number of benzene rings is 4. The van der Waals surface area contributed by atoms with E-state index in [4.69, 9.17) is 35.0 Å². The van der Waals surface area contributed by atoms with Gasteiger partial charge in [-0.2, -0.15) is 0 Å². The molecule has 0 radical (unpaired) electrons. The van der Waals surface area contributed by atoms with Gasteiger partial charge in [0.25, 0.3) is 5.91 Å². The van der Waals surface area contributed by atoms with E-state index >= 15 is 0 Å². The number of halogens is 4. The van der Waals surface area contributed by atoms with Crippen LogP contribution >= 0.6 is 46.7 Å². The van der Waals surface area contributed by atoms with E-state index in [2.05, 4.69) is 29.2 Å². The molecule has 1 heterocycles. The highest BCUT2D eigenvalue weighted by molar-refractivity contribution is 8.00. The lowest BCUT2D eigenvalue weighted by atomic mass is 9.94. The summed E-state index contributed by atoms with van der Waals surface area (Å²) in [6.45, 7) is 3.23. The van der Waals surface area contributed by atoms with Gasteiger partial charge in [-0.05, 0) is 86.2 Å². The van der Waals surface area contributed by atoms with E-state index in [1.807, 2.05) is 30.0 Å². The van der Waals surface area contributed by atoms with E-state index in [-0.39, 0.29) is 24.2 Å². The van der Waals surface area contributed by atoms with Gasteiger partial charge in [0.1, 0.15) is 5.82 Å². The molecule has 208 valence electrons. The van der Waals surface area contributed by atoms with E-state index < -0.39 is 0 Å². The van der Waals surface area contributed by atoms with E-state index in [0.29, 0.717) is 31.6 Å². The molecule has 4 aromatic carbocycles. The van der Waals surface area contributed by atoms with Gasteiger partial charge in [-0.15, -0.1) is 11.8 Å². The highest BCUT2D eigenvalue weighted by atomic mass is 35.5. The van der Waals surface area contributed by atoms with Crippen molar-refractivity contribution >= 4 is 63.4 Å². The first-order valence-electron chi connectivity index (χ1n) is 13.4. The molecule has 1 aliphatic heterocycles. The lowest BCUT2D eigenvalue weighted by Gasteiger charge is -2.33. The Labute approximate surface area is 254 Å². The highest BCUT2D eigenvalue weighted by Gasteiger charge is 2.25. The second kappa shape index (κ2) is 13.6. The normalized spacial score (nSPS) is 15.3. The SMILES string of the molecule is O=C(c1ccc(F)c2ccccc12)N(Cl)CC(CCN1CCC(Sc2ccccc2)CC1)c1ccc(Cl)c(Cl)c1. The molecule has 1 unspecified atom stereocenters. The third-order valence-electron chi connectivity index (χ3n) is 7.49. The molecule has 4 aromatic rings. The topological polar surface area (TPSA) is 23.6 Å². The molecule has 40 heavy (non-hydrogen) atoms. The van der Waals surface area contributed by atoms with Crippen molar-refractivity contribution in [1.29, 1.82) is 0 Å². The number of hydrogen-bond acceptors (Lipinski definition) is 3. The van der Waals surface area contributed by atoms with Crippen molar-refractivity contribution in [3.8, 4) is 0 Å². The van der Waals surface area contributed by atoms with Crippen LogP contribution in [0.1, 0.15) is 41.1 Å². The van der Waals surface area contributed by atoms with Crippen LogP contribution in [0.15, 0.2) is 89.8 Å². The maximum Gasteiger partial charge on any atom is 0.268 e. The number of fused-ring (bicyclic) bond motifs is 1. The molecule has 1 aliphatic rings. The molecule has 8 heteroatoms. The van der Waals surface area contributed by atoms with Crippen molar-refractivity contribution in [2.45, 2.75) is 35.3 Å². The number of rotatable bonds is 9. The molecular formula is C32H30Cl3FN2OS. The fraction of sp³-hybridized carbons (Fsp3) is 0.281. The van der Waals surface area contributed by atoms with Crippen LogP contribution in [0.2, 0.25) is 10.0 Å². The molecule has 1 amide bonds. The van der Waals surface area contributed by atoms with Crippen LogP contribution in [0, 0.1) is 5.82 Å². The van der Waals surface area contributed by atoms with Gasteiger partial charge in [-0.25, -0.2) is 8.81 Å². The zero-order valence-corrected chi connectivity index (χ0v) is 25.0. The van der Waals surface area contributed by atoms with E-state index in [1.165, 1.54) is 21.4 Å². The molecule has 0 spiro atoms.